The molecule has 1 aliphatic heterocycles. The number of carbonyl (C=O) groups excluding carboxylic acids is 1. The second-order valence-corrected chi connectivity index (χ2v) is 4.67. The highest BCUT2D eigenvalue weighted by Crippen LogP contribution is 2.35. The zero-order valence-corrected chi connectivity index (χ0v) is 9.41. The van der Waals surface area contributed by atoms with E-state index in [1.807, 2.05) is 6.08 Å². The highest BCUT2D eigenvalue weighted by molar-refractivity contribution is 5.76. The van der Waals surface area contributed by atoms with Crippen molar-refractivity contribution in [2.24, 2.45) is 17.2 Å². The molecule has 0 aromatic carbocycles. The number of hydrogen-bond acceptors (Lipinski definition) is 3. The van der Waals surface area contributed by atoms with Crippen LogP contribution in [0.25, 0.3) is 0 Å². The van der Waals surface area contributed by atoms with E-state index in [1.165, 1.54) is 0 Å². The third-order valence-electron chi connectivity index (χ3n) is 2.42. The summed E-state index contributed by atoms with van der Waals surface area (Å²) in [5.74, 6) is 4.98. The van der Waals surface area contributed by atoms with Crippen LogP contribution in [0.5, 0.6) is 0 Å². The van der Waals surface area contributed by atoms with Crippen LogP contribution in [0.1, 0.15) is 27.2 Å². The quantitative estimate of drug-likeness (QED) is 0.412. The minimum Gasteiger partial charge on any atom is -0.473 e. The number of amides is 1. The van der Waals surface area contributed by atoms with Crippen LogP contribution in [-0.4, -0.2) is 5.91 Å². The smallest absolute Gasteiger partial charge is 0.234 e. The van der Waals surface area contributed by atoms with Crippen LogP contribution in [0.3, 0.4) is 0 Å². The summed E-state index contributed by atoms with van der Waals surface area (Å²) in [6, 6.07) is 0. The fourth-order valence-electron chi connectivity index (χ4n) is 1.61. The number of allylic oxidation sites excluding steroid dienone is 2. The van der Waals surface area contributed by atoms with Gasteiger partial charge in [0.25, 0.3) is 0 Å². The third-order valence-corrected chi connectivity index (χ3v) is 2.42. The topological polar surface area (TPSA) is 64.3 Å². The monoisotopic (exact) mass is 210 g/mol. The van der Waals surface area contributed by atoms with E-state index in [2.05, 4.69) is 26.2 Å². The predicted octanol–water partition coefficient (Wildman–Crippen LogP) is 1.46. The van der Waals surface area contributed by atoms with Crippen molar-refractivity contribution >= 4 is 5.91 Å². The van der Waals surface area contributed by atoms with Gasteiger partial charge in [-0.2, -0.15) is 0 Å². The predicted molar refractivity (Wildman–Crippen MR) is 58.2 cm³/mol. The van der Waals surface area contributed by atoms with Gasteiger partial charge in [0.1, 0.15) is 0 Å². The number of nitrogens with two attached hydrogens (primary N) is 1. The summed E-state index contributed by atoms with van der Waals surface area (Å²) >= 11 is 0. The summed E-state index contributed by atoms with van der Waals surface area (Å²) < 4.78 is 5.15. The fraction of sp³-hybridized carbons (Fsp3) is 0.545. The molecule has 0 saturated heterocycles. The van der Waals surface area contributed by atoms with E-state index < -0.39 is 0 Å². The zero-order chi connectivity index (χ0) is 11.5. The fourth-order valence-corrected chi connectivity index (χ4v) is 1.61. The number of hydrogen-bond donors (Lipinski definition) is 2. The Bertz CT molecular complexity index is 300. The average Bonchev–Trinajstić information content (AvgIpc) is 2.17. The van der Waals surface area contributed by atoms with Crippen LogP contribution in [0, 0.1) is 11.3 Å². The van der Waals surface area contributed by atoms with Crippen LogP contribution >= 0.6 is 0 Å². The van der Waals surface area contributed by atoms with Crippen LogP contribution in [0.15, 0.2) is 24.2 Å². The molecule has 0 spiro atoms. The summed E-state index contributed by atoms with van der Waals surface area (Å²) in [5, 5.41) is 0. The number of nitrogens with one attached hydrogen (secondary N) is 1. The number of carbonyl (C=O) groups is 1. The first-order chi connectivity index (χ1) is 6.95. The van der Waals surface area contributed by atoms with Gasteiger partial charge < -0.3 is 4.74 Å². The van der Waals surface area contributed by atoms with Crippen LogP contribution in [-0.2, 0) is 9.53 Å². The van der Waals surface area contributed by atoms with Crippen LogP contribution in [0.4, 0.5) is 0 Å². The Hall–Kier alpha value is -1.29. The molecule has 3 N–H and O–H groups in total. The molecule has 0 fully saturated rings. The van der Waals surface area contributed by atoms with Gasteiger partial charge in [-0.1, -0.05) is 20.8 Å². The molecule has 1 aliphatic rings. The zero-order valence-electron chi connectivity index (χ0n) is 9.41. The summed E-state index contributed by atoms with van der Waals surface area (Å²) in [6.45, 7) is 6.28. The van der Waals surface area contributed by atoms with Crippen LogP contribution in [0.2, 0.25) is 0 Å². The molecule has 0 bridgehead atoms. The molecule has 1 heterocycles. The first-order valence-electron chi connectivity index (χ1n) is 4.97. The standard InChI is InChI=1S/C11H18N2O2/c1-11(2,3)9-7-15-5-4-8(9)6-10(14)13-12/h4-5,7-8H,6,12H2,1-3H3,(H,13,14). The SMILES string of the molecule is CC(C)(C)C1=COC=CC1CC(=O)NN. The molecule has 1 unspecified atom stereocenters. The Labute approximate surface area is 90.1 Å². The van der Waals surface area contributed by atoms with E-state index >= 15 is 0 Å². The van der Waals surface area contributed by atoms with Gasteiger partial charge in [-0.15, -0.1) is 0 Å². The van der Waals surface area contributed by atoms with Gasteiger partial charge >= 0.3 is 0 Å². The van der Waals surface area contributed by atoms with E-state index in [0.717, 1.165) is 5.57 Å². The van der Waals surface area contributed by atoms with Crippen molar-refractivity contribution < 1.29 is 9.53 Å². The van der Waals surface area contributed by atoms with Gasteiger partial charge in [0.05, 0.1) is 12.5 Å². The van der Waals surface area contributed by atoms with Gasteiger partial charge in [-0.05, 0) is 17.1 Å². The lowest BCUT2D eigenvalue weighted by atomic mass is 9.77. The first kappa shape index (κ1) is 11.8. The van der Waals surface area contributed by atoms with Crippen molar-refractivity contribution in [3.63, 3.8) is 0 Å². The minimum atomic E-state index is -0.165. The summed E-state index contributed by atoms with van der Waals surface area (Å²) in [5.41, 5.74) is 3.24. The normalized spacial score (nSPS) is 20.5. The molecule has 0 radical (unpaired) electrons. The highest BCUT2D eigenvalue weighted by atomic mass is 16.5. The molecule has 1 rings (SSSR count). The Morgan fingerprint density at radius 2 is 2.27 bits per heavy atom. The van der Waals surface area contributed by atoms with Gasteiger partial charge in [0, 0.05) is 12.3 Å². The van der Waals surface area contributed by atoms with Crippen molar-refractivity contribution in [2.45, 2.75) is 27.2 Å². The maximum atomic E-state index is 11.2. The molecule has 0 aliphatic carbocycles. The van der Waals surface area contributed by atoms with Crippen molar-refractivity contribution in [3.8, 4) is 0 Å². The van der Waals surface area contributed by atoms with E-state index in [4.69, 9.17) is 10.6 Å². The lowest BCUT2D eigenvalue weighted by Gasteiger charge is -2.29. The number of ether oxygens (including phenoxy) is 1. The lowest BCUT2D eigenvalue weighted by molar-refractivity contribution is -0.121. The Morgan fingerprint density at radius 1 is 1.60 bits per heavy atom. The molecule has 15 heavy (non-hydrogen) atoms. The number of rotatable bonds is 2. The van der Waals surface area contributed by atoms with Crippen LogP contribution < -0.4 is 11.3 Å². The van der Waals surface area contributed by atoms with E-state index in [9.17, 15) is 4.79 Å². The molecule has 0 aromatic rings. The molecular weight excluding hydrogens is 192 g/mol. The molecule has 1 amide bonds. The Balaban J connectivity index is 2.77. The van der Waals surface area contributed by atoms with E-state index in [1.54, 1.807) is 12.5 Å². The number of hydrazine groups is 1. The molecule has 84 valence electrons. The minimum absolute atomic E-state index is 0.00962. The molecule has 1 atom stereocenters. The molecule has 4 nitrogen and oxygen atoms in total. The summed E-state index contributed by atoms with van der Waals surface area (Å²) in [7, 11) is 0. The van der Waals surface area contributed by atoms with Crippen molar-refractivity contribution in [3.05, 3.63) is 24.2 Å². The van der Waals surface area contributed by atoms with Gasteiger partial charge in [-0.3, -0.25) is 10.2 Å². The summed E-state index contributed by atoms with van der Waals surface area (Å²) in [6.07, 6.45) is 5.56. The molecule has 4 heteroatoms. The van der Waals surface area contributed by atoms with Gasteiger partial charge in [0.2, 0.25) is 5.91 Å². The van der Waals surface area contributed by atoms with Crippen molar-refractivity contribution in [2.75, 3.05) is 0 Å². The first-order valence-corrected chi connectivity index (χ1v) is 4.97. The second kappa shape index (κ2) is 4.49. The third kappa shape index (κ3) is 3.09. The van der Waals surface area contributed by atoms with E-state index in [0.29, 0.717) is 6.42 Å². The van der Waals surface area contributed by atoms with E-state index in [-0.39, 0.29) is 17.2 Å². The molecular formula is C11H18N2O2. The maximum absolute atomic E-state index is 11.2. The molecule has 0 saturated carbocycles. The lowest BCUT2D eigenvalue weighted by Crippen LogP contribution is -2.33. The highest BCUT2D eigenvalue weighted by Gasteiger charge is 2.27. The maximum Gasteiger partial charge on any atom is 0.234 e. The average molecular weight is 210 g/mol. The Kier molecular flexibility index (Phi) is 3.52. The van der Waals surface area contributed by atoms with Gasteiger partial charge in [0.15, 0.2) is 0 Å². The van der Waals surface area contributed by atoms with Gasteiger partial charge in [-0.25, -0.2) is 5.84 Å². The van der Waals surface area contributed by atoms with Crippen molar-refractivity contribution in [1.29, 1.82) is 0 Å². The largest absolute Gasteiger partial charge is 0.473 e. The second-order valence-electron chi connectivity index (χ2n) is 4.67. The Morgan fingerprint density at radius 3 is 2.80 bits per heavy atom. The summed E-state index contributed by atoms with van der Waals surface area (Å²) in [4.78, 5) is 11.2. The molecule has 0 aromatic heterocycles. The van der Waals surface area contributed by atoms with Crippen molar-refractivity contribution in [1.82, 2.24) is 5.43 Å².